The van der Waals surface area contributed by atoms with Crippen molar-refractivity contribution in [3.05, 3.63) is 76.3 Å². The average molecular weight is 537 g/mol. The molecule has 0 fully saturated rings. The van der Waals surface area contributed by atoms with Crippen LogP contribution in [0.2, 0.25) is 0 Å². The highest BCUT2D eigenvalue weighted by molar-refractivity contribution is 9.10. The van der Waals surface area contributed by atoms with Gasteiger partial charge in [0.15, 0.2) is 11.5 Å². The number of nitrogens with zero attached hydrogens (tertiary/aromatic N) is 3. The number of carbonyl (C=O) groups is 1. The standard InChI is InChI=1S/C26H25BrN4O4/c1-26(2,3)17-7-10-22-23(12-17)35-24(15-34-22)25(33)31-28-14-16-11-20(8-9-21(16)32)30-29-19-6-4-5-18(27)13-19/h4-14,24,32H,15H2,1-3H3,(H,31,33). The van der Waals surface area contributed by atoms with Crippen LogP contribution in [-0.2, 0) is 10.2 Å². The number of azo groups is 1. The van der Waals surface area contributed by atoms with Gasteiger partial charge in [-0.25, -0.2) is 5.43 Å². The maximum absolute atomic E-state index is 12.6. The number of nitrogens with one attached hydrogen (secondary N) is 1. The molecule has 1 aliphatic rings. The molecule has 1 unspecified atom stereocenters. The first kappa shape index (κ1) is 24.4. The fourth-order valence-electron chi connectivity index (χ4n) is 3.27. The third-order valence-electron chi connectivity index (χ3n) is 5.24. The summed E-state index contributed by atoms with van der Waals surface area (Å²) in [7, 11) is 0. The van der Waals surface area contributed by atoms with E-state index in [0.29, 0.717) is 28.4 Å². The zero-order valence-electron chi connectivity index (χ0n) is 19.5. The number of benzene rings is 3. The molecule has 2 N–H and O–H groups in total. The van der Waals surface area contributed by atoms with Gasteiger partial charge < -0.3 is 14.6 Å². The summed E-state index contributed by atoms with van der Waals surface area (Å²) in [5.74, 6) is 0.654. The van der Waals surface area contributed by atoms with Crippen LogP contribution >= 0.6 is 15.9 Å². The maximum atomic E-state index is 12.6. The SMILES string of the molecule is CC(C)(C)c1ccc2c(c1)OC(C(=O)NN=Cc1cc(N=Nc3cccc(Br)c3)ccc1O)CO2. The normalized spacial score (nSPS) is 15.5. The number of fused-ring (bicyclic) bond motifs is 1. The van der Waals surface area contributed by atoms with E-state index in [9.17, 15) is 9.90 Å². The number of hydrogen-bond donors (Lipinski definition) is 2. The second-order valence-corrected chi connectivity index (χ2v) is 9.90. The van der Waals surface area contributed by atoms with Crippen LogP contribution in [0.15, 0.2) is 80.5 Å². The molecule has 35 heavy (non-hydrogen) atoms. The Kier molecular flexibility index (Phi) is 7.16. The quantitative estimate of drug-likeness (QED) is 0.231. The van der Waals surface area contributed by atoms with Gasteiger partial charge in [-0.3, -0.25) is 4.79 Å². The summed E-state index contributed by atoms with van der Waals surface area (Å²) >= 11 is 3.39. The highest BCUT2D eigenvalue weighted by Crippen LogP contribution is 2.36. The van der Waals surface area contributed by atoms with Crippen LogP contribution < -0.4 is 14.9 Å². The lowest BCUT2D eigenvalue weighted by Crippen LogP contribution is -2.42. The van der Waals surface area contributed by atoms with E-state index in [1.165, 1.54) is 12.3 Å². The Hall–Kier alpha value is -3.72. The average Bonchev–Trinajstić information content (AvgIpc) is 2.83. The molecule has 1 amide bonds. The zero-order chi connectivity index (χ0) is 25.0. The van der Waals surface area contributed by atoms with Crippen LogP contribution in [0.25, 0.3) is 0 Å². The summed E-state index contributed by atoms with van der Waals surface area (Å²) in [5, 5.41) is 22.5. The number of hydrogen-bond acceptors (Lipinski definition) is 7. The minimum Gasteiger partial charge on any atom is -0.507 e. The molecule has 8 nitrogen and oxygen atoms in total. The third kappa shape index (κ3) is 6.24. The molecule has 1 heterocycles. The van der Waals surface area contributed by atoms with Crippen molar-refractivity contribution in [3.63, 3.8) is 0 Å². The van der Waals surface area contributed by atoms with E-state index in [1.807, 2.05) is 42.5 Å². The van der Waals surface area contributed by atoms with E-state index in [2.05, 4.69) is 57.5 Å². The molecule has 0 saturated heterocycles. The highest BCUT2D eigenvalue weighted by atomic mass is 79.9. The minimum absolute atomic E-state index is 0.00899. The van der Waals surface area contributed by atoms with Gasteiger partial charge in [0.05, 0.1) is 17.6 Å². The topological polar surface area (TPSA) is 105 Å². The van der Waals surface area contributed by atoms with E-state index < -0.39 is 12.0 Å². The van der Waals surface area contributed by atoms with Gasteiger partial charge in [-0.2, -0.15) is 15.3 Å². The fraction of sp³-hybridized carbons (Fsp3) is 0.231. The van der Waals surface area contributed by atoms with Crippen molar-refractivity contribution in [2.75, 3.05) is 6.61 Å². The zero-order valence-corrected chi connectivity index (χ0v) is 21.1. The molecular formula is C26H25BrN4O4. The van der Waals surface area contributed by atoms with E-state index >= 15 is 0 Å². The van der Waals surface area contributed by atoms with Crippen LogP contribution in [-0.4, -0.2) is 29.9 Å². The molecule has 3 aromatic carbocycles. The maximum Gasteiger partial charge on any atom is 0.284 e. The predicted molar refractivity (Wildman–Crippen MR) is 137 cm³/mol. The second-order valence-electron chi connectivity index (χ2n) is 8.99. The fourth-order valence-corrected chi connectivity index (χ4v) is 3.65. The monoisotopic (exact) mass is 536 g/mol. The van der Waals surface area contributed by atoms with Crippen LogP contribution in [0.4, 0.5) is 11.4 Å². The van der Waals surface area contributed by atoms with Crippen molar-refractivity contribution in [1.82, 2.24) is 5.43 Å². The van der Waals surface area contributed by atoms with Gasteiger partial charge in [0, 0.05) is 10.0 Å². The lowest BCUT2D eigenvalue weighted by Gasteiger charge is -2.27. The summed E-state index contributed by atoms with van der Waals surface area (Å²) < 4.78 is 12.5. The van der Waals surface area contributed by atoms with Crippen LogP contribution in [0.1, 0.15) is 31.9 Å². The molecule has 0 spiro atoms. The van der Waals surface area contributed by atoms with Crippen molar-refractivity contribution in [3.8, 4) is 17.2 Å². The van der Waals surface area contributed by atoms with Crippen LogP contribution in [0, 0.1) is 0 Å². The van der Waals surface area contributed by atoms with Crippen molar-refractivity contribution in [2.45, 2.75) is 32.3 Å². The van der Waals surface area contributed by atoms with Crippen molar-refractivity contribution >= 4 is 39.4 Å². The molecule has 0 saturated carbocycles. The largest absolute Gasteiger partial charge is 0.507 e. The molecule has 0 bridgehead atoms. The first-order chi connectivity index (χ1) is 16.7. The molecular weight excluding hydrogens is 512 g/mol. The number of amides is 1. The molecule has 0 aromatic heterocycles. The number of ether oxygens (including phenoxy) is 2. The second kappa shape index (κ2) is 10.3. The van der Waals surface area contributed by atoms with Gasteiger partial charge in [0.2, 0.25) is 6.10 Å². The molecule has 4 rings (SSSR count). The van der Waals surface area contributed by atoms with Crippen molar-refractivity contribution in [2.24, 2.45) is 15.3 Å². The lowest BCUT2D eigenvalue weighted by atomic mass is 9.87. The Bertz CT molecular complexity index is 1300. The van der Waals surface area contributed by atoms with Gasteiger partial charge >= 0.3 is 0 Å². The van der Waals surface area contributed by atoms with E-state index in [1.54, 1.807) is 12.1 Å². The Balaban J connectivity index is 1.40. The number of phenolic OH excluding ortho intramolecular Hbond substituents is 1. The van der Waals surface area contributed by atoms with E-state index in [4.69, 9.17) is 9.47 Å². The van der Waals surface area contributed by atoms with Crippen LogP contribution in [0.5, 0.6) is 17.2 Å². The molecule has 0 radical (unpaired) electrons. The first-order valence-electron chi connectivity index (χ1n) is 11.0. The number of phenols is 1. The minimum atomic E-state index is -0.853. The predicted octanol–water partition coefficient (Wildman–Crippen LogP) is 6.16. The molecule has 1 aliphatic heterocycles. The highest BCUT2D eigenvalue weighted by Gasteiger charge is 2.28. The van der Waals surface area contributed by atoms with Gasteiger partial charge in [0.25, 0.3) is 5.91 Å². The van der Waals surface area contributed by atoms with Gasteiger partial charge in [-0.05, 0) is 59.5 Å². The van der Waals surface area contributed by atoms with Gasteiger partial charge in [-0.15, -0.1) is 0 Å². The Labute approximate surface area is 211 Å². The number of halogens is 1. The van der Waals surface area contributed by atoms with E-state index in [-0.39, 0.29) is 17.8 Å². The number of rotatable bonds is 5. The Morgan fingerprint density at radius 2 is 1.83 bits per heavy atom. The third-order valence-corrected chi connectivity index (χ3v) is 5.73. The summed E-state index contributed by atoms with van der Waals surface area (Å²) in [4.78, 5) is 12.6. The molecule has 1 atom stereocenters. The van der Waals surface area contributed by atoms with Crippen LogP contribution in [0.3, 0.4) is 0 Å². The Morgan fingerprint density at radius 3 is 2.57 bits per heavy atom. The van der Waals surface area contributed by atoms with Gasteiger partial charge in [0.1, 0.15) is 12.4 Å². The number of carbonyl (C=O) groups excluding carboxylic acids is 1. The lowest BCUT2D eigenvalue weighted by molar-refractivity contribution is -0.130. The summed E-state index contributed by atoms with van der Waals surface area (Å²) in [5.41, 5.74) is 5.03. The molecule has 3 aromatic rings. The first-order valence-corrected chi connectivity index (χ1v) is 11.8. The molecule has 0 aliphatic carbocycles. The Morgan fingerprint density at radius 1 is 1.06 bits per heavy atom. The molecule has 9 heteroatoms. The van der Waals surface area contributed by atoms with Crippen molar-refractivity contribution in [1.29, 1.82) is 0 Å². The smallest absolute Gasteiger partial charge is 0.284 e. The van der Waals surface area contributed by atoms with Gasteiger partial charge in [-0.1, -0.05) is 48.8 Å². The molecule has 180 valence electrons. The summed E-state index contributed by atoms with van der Waals surface area (Å²) in [6, 6.07) is 17.9. The summed E-state index contributed by atoms with van der Waals surface area (Å²) in [6.07, 6.45) is 0.481. The summed E-state index contributed by atoms with van der Waals surface area (Å²) in [6.45, 7) is 6.37. The van der Waals surface area contributed by atoms with E-state index in [0.717, 1.165) is 10.0 Å². The number of aromatic hydroxyl groups is 1. The number of hydrazone groups is 1. The van der Waals surface area contributed by atoms with Crippen molar-refractivity contribution < 1.29 is 19.4 Å².